The third-order valence-electron chi connectivity index (χ3n) is 3.70. The maximum Gasteiger partial charge on any atom is 0.274 e. The highest BCUT2D eigenvalue weighted by atomic mass is 32.2. The molecule has 6 nitrogen and oxygen atoms in total. The maximum absolute atomic E-state index is 12.5. The van der Waals surface area contributed by atoms with Gasteiger partial charge in [0.05, 0.1) is 5.56 Å². The zero-order chi connectivity index (χ0) is 16.3. The van der Waals surface area contributed by atoms with E-state index in [-0.39, 0.29) is 11.5 Å². The van der Waals surface area contributed by atoms with Gasteiger partial charge in [0.2, 0.25) is 0 Å². The lowest BCUT2D eigenvalue weighted by molar-refractivity contribution is 0.0766. The summed E-state index contributed by atoms with van der Waals surface area (Å²) in [5.74, 6) is 0.858. The molecular weight excluding hydrogens is 300 g/mol. The molecule has 120 valence electrons. The fraction of sp³-hybridized carbons (Fsp3) is 0.533. The van der Waals surface area contributed by atoms with E-state index < -0.39 is 0 Å². The number of rotatable bonds is 4. The molecule has 0 bridgehead atoms. The number of aromatic amines is 1. The minimum Gasteiger partial charge on any atom is -0.362 e. The van der Waals surface area contributed by atoms with Crippen LogP contribution in [0.3, 0.4) is 0 Å². The molecule has 0 spiro atoms. The minimum atomic E-state index is -0.214. The molecule has 1 aromatic rings. The van der Waals surface area contributed by atoms with Crippen molar-refractivity contribution in [1.29, 1.82) is 0 Å². The SMILES string of the molecule is CCN(CC)C(=O)c1[nH]n(C)c(=O)c1C=C=C1SCCN1C. The molecule has 0 radical (unpaired) electrons. The molecule has 0 saturated carbocycles. The maximum atomic E-state index is 12.5. The van der Waals surface area contributed by atoms with Gasteiger partial charge in [-0.15, -0.1) is 0 Å². The van der Waals surface area contributed by atoms with Crippen LogP contribution in [0.25, 0.3) is 6.08 Å². The number of carbonyl (C=O) groups is 1. The van der Waals surface area contributed by atoms with Crippen molar-refractivity contribution in [3.05, 3.63) is 32.4 Å². The van der Waals surface area contributed by atoms with E-state index in [9.17, 15) is 9.59 Å². The number of carbonyl (C=O) groups excluding carboxylic acids is 1. The summed E-state index contributed by atoms with van der Waals surface area (Å²) in [5.41, 5.74) is 3.63. The van der Waals surface area contributed by atoms with Gasteiger partial charge in [0, 0.05) is 39.5 Å². The van der Waals surface area contributed by atoms with Gasteiger partial charge in [0.1, 0.15) is 10.7 Å². The van der Waals surface area contributed by atoms with Gasteiger partial charge in [-0.25, -0.2) is 0 Å². The highest BCUT2D eigenvalue weighted by Crippen LogP contribution is 2.24. The molecule has 0 aromatic carbocycles. The standard InChI is InChI=1S/C15H22N4O2S/c1-5-19(6-2)15(21)13-11(14(20)18(4)16-13)7-8-12-17(3)9-10-22-12/h7,16H,5-6,9-10H2,1-4H3. The van der Waals surface area contributed by atoms with E-state index >= 15 is 0 Å². The molecule has 22 heavy (non-hydrogen) atoms. The highest BCUT2D eigenvalue weighted by molar-refractivity contribution is 8.03. The molecule has 1 aromatic heterocycles. The average Bonchev–Trinajstić information content (AvgIpc) is 3.03. The summed E-state index contributed by atoms with van der Waals surface area (Å²) in [4.78, 5) is 28.5. The van der Waals surface area contributed by atoms with E-state index in [1.54, 1.807) is 29.8 Å². The normalized spacial score (nSPS) is 14.2. The first kappa shape index (κ1) is 16.5. The lowest BCUT2D eigenvalue weighted by atomic mass is 10.2. The van der Waals surface area contributed by atoms with Gasteiger partial charge in [-0.2, -0.15) is 0 Å². The van der Waals surface area contributed by atoms with Gasteiger partial charge < -0.3 is 9.80 Å². The first-order valence-corrected chi connectivity index (χ1v) is 8.37. The van der Waals surface area contributed by atoms with E-state index in [1.807, 2.05) is 20.9 Å². The van der Waals surface area contributed by atoms with Crippen molar-refractivity contribution in [2.45, 2.75) is 13.8 Å². The van der Waals surface area contributed by atoms with Gasteiger partial charge in [-0.05, 0) is 19.9 Å². The fourth-order valence-electron chi connectivity index (χ4n) is 2.31. The summed E-state index contributed by atoms with van der Waals surface area (Å²) in [6.45, 7) is 6.02. The molecule has 0 unspecified atom stereocenters. The van der Waals surface area contributed by atoms with Gasteiger partial charge in [0.15, 0.2) is 0 Å². The lowest BCUT2D eigenvalue weighted by Crippen LogP contribution is -2.31. The van der Waals surface area contributed by atoms with Gasteiger partial charge >= 0.3 is 0 Å². The van der Waals surface area contributed by atoms with Crippen LogP contribution in [0.4, 0.5) is 0 Å². The van der Waals surface area contributed by atoms with Crippen LogP contribution in [0, 0.1) is 0 Å². The summed E-state index contributed by atoms with van der Waals surface area (Å²) in [5, 5.41) is 3.85. The van der Waals surface area contributed by atoms with Crippen LogP contribution in [-0.2, 0) is 7.05 Å². The van der Waals surface area contributed by atoms with Crippen molar-refractivity contribution in [1.82, 2.24) is 19.6 Å². The second-order valence-corrected chi connectivity index (χ2v) is 6.19. The first-order chi connectivity index (χ1) is 10.5. The van der Waals surface area contributed by atoms with Gasteiger partial charge in [0.25, 0.3) is 11.5 Å². The van der Waals surface area contributed by atoms with E-state index in [0.717, 1.165) is 17.3 Å². The average molecular weight is 322 g/mol. The van der Waals surface area contributed by atoms with E-state index in [1.165, 1.54) is 4.68 Å². The molecule has 2 rings (SSSR count). The van der Waals surface area contributed by atoms with Crippen molar-refractivity contribution in [2.75, 3.05) is 32.4 Å². The largest absolute Gasteiger partial charge is 0.362 e. The molecule has 1 N–H and O–H groups in total. The van der Waals surface area contributed by atoms with Crippen LogP contribution in [0.1, 0.15) is 29.9 Å². The smallest absolute Gasteiger partial charge is 0.274 e. The monoisotopic (exact) mass is 322 g/mol. The lowest BCUT2D eigenvalue weighted by Gasteiger charge is -2.17. The number of nitrogens with one attached hydrogen (secondary N) is 1. The van der Waals surface area contributed by atoms with E-state index in [4.69, 9.17) is 0 Å². The van der Waals surface area contributed by atoms with Crippen molar-refractivity contribution in [2.24, 2.45) is 7.05 Å². The Balaban J connectivity index is 2.46. The van der Waals surface area contributed by atoms with Crippen molar-refractivity contribution in [3.63, 3.8) is 0 Å². The Bertz CT molecular complexity index is 678. The number of hydrogen-bond donors (Lipinski definition) is 1. The molecule has 7 heteroatoms. The molecule has 0 aliphatic carbocycles. The Labute approximate surface area is 134 Å². The molecule has 1 fully saturated rings. The Morgan fingerprint density at radius 1 is 1.41 bits per heavy atom. The topological polar surface area (TPSA) is 61.3 Å². The van der Waals surface area contributed by atoms with Crippen molar-refractivity contribution < 1.29 is 4.79 Å². The predicted molar refractivity (Wildman–Crippen MR) is 89.9 cm³/mol. The number of amides is 1. The second-order valence-electron chi connectivity index (χ2n) is 5.11. The summed E-state index contributed by atoms with van der Waals surface area (Å²) < 4.78 is 1.33. The Morgan fingerprint density at radius 3 is 2.64 bits per heavy atom. The third-order valence-corrected chi connectivity index (χ3v) is 4.79. The number of aromatic nitrogens is 2. The molecule has 2 heterocycles. The second kappa shape index (κ2) is 6.94. The quantitative estimate of drug-likeness (QED) is 0.850. The zero-order valence-electron chi connectivity index (χ0n) is 13.5. The van der Waals surface area contributed by atoms with E-state index in [0.29, 0.717) is 24.3 Å². The summed E-state index contributed by atoms with van der Waals surface area (Å²) in [6.07, 6.45) is 1.62. The van der Waals surface area contributed by atoms with Gasteiger partial charge in [-0.1, -0.05) is 17.5 Å². The molecule has 1 aliphatic rings. The van der Waals surface area contributed by atoms with Crippen LogP contribution < -0.4 is 5.56 Å². The van der Waals surface area contributed by atoms with Crippen LogP contribution in [-0.4, -0.2) is 57.9 Å². The van der Waals surface area contributed by atoms with Crippen LogP contribution in [0.5, 0.6) is 0 Å². The number of hydrogen-bond acceptors (Lipinski definition) is 4. The summed E-state index contributed by atoms with van der Waals surface area (Å²) in [7, 11) is 3.61. The fourth-order valence-corrected chi connectivity index (χ4v) is 3.32. The van der Waals surface area contributed by atoms with Crippen LogP contribution >= 0.6 is 11.8 Å². The molecule has 1 saturated heterocycles. The Morgan fingerprint density at radius 2 is 2.09 bits per heavy atom. The van der Waals surface area contributed by atoms with Crippen LogP contribution in [0.15, 0.2) is 15.6 Å². The predicted octanol–water partition coefficient (Wildman–Crippen LogP) is 1.33. The Hall–Kier alpha value is -1.85. The summed E-state index contributed by atoms with van der Waals surface area (Å²) >= 11 is 1.70. The van der Waals surface area contributed by atoms with Crippen LogP contribution in [0.2, 0.25) is 0 Å². The molecule has 1 amide bonds. The molecule has 0 atom stereocenters. The number of thioether (sulfide) groups is 1. The third kappa shape index (κ3) is 3.15. The van der Waals surface area contributed by atoms with Crippen molar-refractivity contribution >= 4 is 23.7 Å². The number of aryl methyl sites for hydroxylation is 1. The molecular formula is C15H22N4O2S. The first-order valence-electron chi connectivity index (χ1n) is 7.38. The highest BCUT2D eigenvalue weighted by Gasteiger charge is 2.21. The van der Waals surface area contributed by atoms with E-state index in [2.05, 4.69) is 15.7 Å². The Kier molecular flexibility index (Phi) is 5.21. The molecule has 1 aliphatic heterocycles. The minimum absolute atomic E-state index is 0.159. The summed E-state index contributed by atoms with van der Waals surface area (Å²) in [6, 6.07) is 0. The van der Waals surface area contributed by atoms with Gasteiger partial charge in [-0.3, -0.25) is 19.4 Å². The number of H-pyrrole nitrogens is 1. The van der Waals surface area contributed by atoms with Crippen molar-refractivity contribution in [3.8, 4) is 0 Å². The number of nitrogens with zero attached hydrogens (tertiary/aromatic N) is 3. The zero-order valence-corrected chi connectivity index (χ0v) is 14.3.